The summed E-state index contributed by atoms with van der Waals surface area (Å²) in [5.41, 5.74) is 1.48. The maximum Gasteiger partial charge on any atom is 0.255 e. The van der Waals surface area contributed by atoms with Crippen molar-refractivity contribution < 1.29 is 9.59 Å². The molecule has 2 aromatic carbocycles. The predicted octanol–water partition coefficient (Wildman–Crippen LogP) is 4.56. The van der Waals surface area contributed by atoms with Crippen LogP contribution < -0.4 is 0 Å². The van der Waals surface area contributed by atoms with Gasteiger partial charge in [-0.25, -0.2) is 0 Å². The molecule has 4 nitrogen and oxygen atoms in total. The summed E-state index contributed by atoms with van der Waals surface area (Å²) < 4.78 is 0. The van der Waals surface area contributed by atoms with Gasteiger partial charge in [-0.05, 0) is 42.3 Å². The number of piperazine rings is 1. The summed E-state index contributed by atoms with van der Waals surface area (Å²) in [6.45, 7) is 2.00. The standard InChI is InChI=1S/C20H19Cl3N2O2/c21-15-4-1-14(2-5-15)3-8-19(26)24-9-11-25(12-10-24)20(27)17-13-16(22)6-7-18(17)23/h1-2,4-7,13H,3,8-12H2. The number of halogens is 3. The van der Waals surface area contributed by atoms with Crippen LogP contribution in [-0.2, 0) is 11.2 Å². The van der Waals surface area contributed by atoms with E-state index in [-0.39, 0.29) is 11.8 Å². The van der Waals surface area contributed by atoms with Crippen LogP contribution in [0.5, 0.6) is 0 Å². The molecular formula is C20H19Cl3N2O2. The number of carbonyl (C=O) groups excluding carboxylic acids is 2. The van der Waals surface area contributed by atoms with Crippen LogP contribution in [0, 0.1) is 0 Å². The van der Waals surface area contributed by atoms with Gasteiger partial charge in [0.25, 0.3) is 5.91 Å². The minimum absolute atomic E-state index is 0.0952. The van der Waals surface area contributed by atoms with Crippen molar-refractivity contribution >= 4 is 46.6 Å². The van der Waals surface area contributed by atoms with Crippen molar-refractivity contribution in [2.45, 2.75) is 12.8 Å². The first-order chi connectivity index (χ1) is 12.9. The van der Waals surface area contributed by atoms with E-state index in [1.54, 1.807) is 28.0 Å². The molecule has 142 valence electrons. The van der Waals surface area contributed by atoms with Crippen molar-refractivity contribution in [3.63, 3.8) is 0 Å². The van der Waals surface area contributed by atoms with Gasteiger partial charge >= 0.3 is 0 Å². The molecule has 0 spiro atoms. The summed E-state index contributed by atoms with van der Waals surface area (Å²) in [5.74, 6) is -0.0615. The molecule has 2 aromatic rings. The van der Waals surface area contributed by atoms with Crippen molar-refractivity contribution in [1.82, 2.24) is 9.80 Å². The van der Waals surface area contributed by atoms with E-state index >= 15 is 0 Å². The fraction of sp³-hybridized carbons (Fsp3) is 0.300. The summed E-state index contributed by atoms with van der Waals surface area (Å²) in [4.78, 5) is 28.6. The van der Waals surface area contributed by atoms with Gasteiger partial charge in [0.1, 0.15) is 0 Å². The SMILES string of the molecule is O=C(CCc1ccc(Cl)cc1)N1CCN(C(=O)c2cc(Cl)ccc2Cl)CC1. The Labute approximate surface area is 173 Å². The van der Waals surface area contributed by atoms with Crippen LogP contribution in [0.3, 0.4) is 0 Å². The Morgan fingerprint density at radius 1 is 0.815 bits per heavy atom. The van der Waals surface area contributed by atoms with E-state index in [0.717, 1.165) is 5.56 Å². The molecule has 7 heteroatoms. The van der Waals surface area contributed by atoms with Crippen LogP contribution in [0.25, 0.3) is 0 Å². The number of aryl methyl sites for hydroxylation is 1. The van der Waals surface area contributed by atoms with Crippen LogP contribution in [0.2, 0.25) is 15.1 Å². The number of benzene rings is 2. The molecule has 0 aliphatic carbocycles. The van der Waals surface area contributed by atoms with Crippen molar-refractivity contribution in [2.24, 2.45) is 0 Å². The average molecular weight is 426 g/mol. The first kappa shape index (κ1) is 20.0. The predicted molar refractivity (Wildman–Crippen MR) is 109 cm³/mol. The minimum Gasteiger partial charge on any atom is -0.339 e. The highest BCUT2D eigenvalue weighted by atomic mass is 35.5. The van der Waals surface area contributed by atoms with Gasteiger partial charge in [-0.15, -0.1) is 0 Å². The molecule has 27 heavy (non-hydrogen) atoms. The molecule has 1 aliphatic rings. The number of rotatable bonds is 4. The van der Waals surface area contributed by atoms with Crippen LogP contribution in [0.4, 0.5) is 0 Å². The largest absolute Gasteiger partial charge is 0.339 e. The quantitative estimate of drug-likeness (QED) is 0.720. The highest BCUT2D eigenvalue weighted by Gasteiger charge is 2.25. The van der Waals surface area contributed by atoms with Gasteiger partial charge in [0.05, 0.1) is 10.6 Å². The first-order valence-electron chi connectivity index (χ1n) is 8.70. The third-order valence-electron chi connectivity index (χ3n) is 4.62. The van der Waals surface area contributed by atoms with Gasteiger partial charge in [0.15, 0.2) is 0 Å². The molecule has 1 fully saturated rings. The summed E-state index contributed by atoms with van der Waals surface area (Å²) in [5, 5.41) is 1.54. The Kier molecular flexibility index (Phi) is 6.64. The van der Waals surface area contributed by atoms with E-state index in [1.165, 1.54) is 0 Å². The smallest absolute Gasteiger partial charge is 0.255 e. The van der Waals surface area contributed by atoms with E-state index < -0.39 is 0 Å². The highest BCUT2D eigenvalue weighted by Crippen LogP contribution is 2.23. The maximum absolute atomic E-state index is 12.7. The first-order valence-corrected chi connectivity index (χ1v) is 9.84. The molecule has 3 rings (SSSR count). The van der Waals surface area contributed by atoms with Crippen LogP contribution in [-0.4, -0.2) is 47.8 Å². The van der Waals surface area contributed by atoms with Gasteiger partial charge in [0, 0.05) is 42.6 Å². The average Bonchev–Trinajstić information content (AvgIpc) is 2.69. The number of amides is 2. The topological polar surface area (TPSA) is 40.6 Å². The molecule has 0 N–H and O–H groups in total. The molecule has 0 saturated carbocycles. The van der Waals surface area contributed by atoms with E-state index in [0.29, 0.717) is 59.7 Å². The number of hydrogen-bond acceptors (Lipinski definition) is 2. The third kappa shape index (κ3) is 5.16. The molecule has 0 aromatic heterocycles. The molecule has 1 heterocycles. The van der Waals surface area contributed by atoms with Gasteiger partial charge in [-0.1, -0.05) is 46.9 Å². The molecule has 1 saturated heterocycles. The van der Waals surface area contributed by atoms with Crippen molar-refractivity contribution in [2.75, 3.05) is 26.2 Å². The van der Waals surface area contributed by atoms with Crippen molar-refractivity contribution in [3.05, 3.63) is 68.7 Å². The summed E-state index contributed by atoms with van der Waals surface area (Å²) in [6.07, 6.45) is 1.11. The number of nitrogens with zero attached hydrogens (tertiary/aromatic N) is 2. The molecular weight excluding hydrogens is 407 g/mol. The lowest BCUT2D eigenvalue weighted by Crippen LogP contribution is -2.50. The van der Waals surface area contributed by atoms with Gasteiger partial charge in [-0.2, -0.15) is 0 Å². The second kappa shape index (κ2) is 8.96. The molecule has 0 unspecified atom stereocenters. The second-order valence-corrected chi connectivity index (χ2v) is 7.70. The Balaban J connectivity index is 1.52. The van der Waals surface area contributed by atoms with Gasteiger partial charge < -0.3 is 9.80 Å². The second-order valence-electron chi connectivity index (χ2n) is 6.42. The third-order valence-corrected chi connectivity index (χ3v) is 5.44. The van der Waals surface area contributed by atoms with E-state index in [2.05, 4.69) is 0 Å². The monoisotopic (exact) mass is 424 g/mol. The highest BCUT2D eigenvalue weighted by molar-refractivity contribution is 6.35. The molecule has 1 aliphatic heterocycles. The van der Waals surface area contributed by atoms with E-state index in [9.17, 15) is 9.59 Å². The molecule has 0 bridgehead atoms. The number of carbonyl (C=O) groups is 2. The van der Waals surface area contributed by atoms with Crippen LogP contribution in [0.1, 0.15) is 22.3 Å². The fourth-order valence-corrected chi connectivity index (χ4v) is 3.55. The lowest BCUT2D eigenvalue weighted by atomic mass is 10.1. The summed E-state index contributed by atoms with van der Waals surface area (Å²) >= 11 is 18.0. The molecule has 0 radical (unpaired) electrons. The Morgan fingerprint density at radius 2 is 1.41 bits per heavy atom. The maximum atomic E-state index is 12.7. The Bertz CT molecular complexity index is 832. The zero-order valence-corrected chi connectivity index (χ0v) is 16.9. The Morgan fingerprint density at radius 3 is 2.07 bits per heavy atom. The van der Waals surface area contributed by atoms with Gasteiger partial charge in [0.2, 0.25) is 5.91 Å². The van der Waals surface area contributed by atoms with Gasteiger partial charge in [-0.3, -0.25) is 9.59 Å². The molecule has 2 amide bonds. The van der Waals surface area contributed by atoms with Crippen molar-refractivity contribution in [1.29, 1.82) is 0 Å². The van der Waals surface area contributed by atoms with Crippen LogP contribution in [0.15, 0.2) is 42.5 Å². The summed E-state index contributed by atoms with van der Waals surface area (Å²) in [7, 11) is 0. The number of hydrogen-bond donors (Lipinski definition) is 0. The lowest BCUT2D eigenvalue weighted by molar-refractivity contribution is -0.132. The zero-order chi connectivity index (χ0) is 19.4. The molecule has 0 atom stereocenters. The normalized spacial score (nSPS) is 14.3. The lowest BCUT2D eigenvalue weighted by Gasteiger charge is -2.35. The zero-order valence-electron chi connectivity index (χ0n) is 14.6. The van der Waals surface area contributed by atoms with E-state index in [4.69, 9.17) is 34.8 Å². The Hall–Kier alpha value is -1.75. The fourth-order valence-electron chi connectivity index (χ4n) is 3.05. The van der Waals surface area contributed by atoms with E-state index in [1.807, 2.05) is 24.3 Å². The minimum atomic E-state index is -0.157. The summed E-state index contributed by atoms with van der Waals surface area (Å²) in [6, 6.07) is 12.4. The van der Waals surface area contributed by atoms with Crippen molar-refractivity contribution in [3.8, 4) is 0 Å². The van der Waals surface area contributed by atoms with Crippen LogP contribution >= 0.6 is 34.8 Å².